The summed E-state index contributed by atoms with van der Waals surface area (Å²) in [4.78, 5) is 10.3. The maximum atomic E-state index is 10.3. The Morgan fingerprint density at radius 1 is 1.86 bits per heavy atom. The molecule has 0 rings (SSSR count). The van der Waals surface area contributed by atoms with E-state index < -0.39 is 18.2 Å². The van der Waals surface area contributed by atoms with E-state index >= 15 is 0 Å². The maximum absolute atomic E-state index is 10.3. The summed E-state index contributed by atoms with van der Waals surface area (Å²) in [6.07, 6.45) is 3.36. The van der Waals surface area contributed by atoms with Gasteiger partial charge in [0, 0.05) is 3.91 Å². The van der Waals surface area contributed by atoms with Crippen molar-refractivity contribution in [2.45, 2.75) is 6.92 Å². The molecule has 0 aromatic carbocycles. The molecule has 0 amide bonds. The third kappa shape index (κ3) is 4.51. The summed E-state index contributed by atoms with van der Waals surface area (Å²) in [5.74, 6) is 0. The van der Waals surface area contributed by atoms with Crippen LogP contribution in [0.2, 0.25) is 0 Å². The Hall–Kier alpha value is 0.656. The summed E-state index contributed by atoms with van der Waals surface area (Å²) in [5, 5.41) is 0. The predicted octanol–water partition coefficient (Wildman–Crippen LogP) is 1.10. The summed E-state index contributed by atoms with van der Waals surface area (Å²) in [6.45, 7) is 1.84. The minimum absolute atomic E-state index is 0.252. The van der Waals surface area contributed by atoms with E-state index in [0.29, 0.717) is 0 Å². The smallest absolute Gasteiger partial charge is 0.330 e. The van der Waals surface area contributed by atoms with Crippen LogP contribution >= 0.6 is 12.9 Å². The minimum atomic E-state index is -0.586. The third-order valence-electron chi connectivity index (χ3n) is 0.484. The van der Waals surface area contributed by atoms with Crippen LogP contribution in [-0.2, 0) is 4.79 Å². The summed E-state index contributed by atoms with van der Waals surface area (Å²) in [7, 11) is 0. The first-order valence-electron chi connectivity index (χ1n) is 2.02. The summed E-state index contributed by atoms with van der Waals surface area (Å²) in [6, 6.07) is 0. The van der Waals surface area contributed by atoms with Crippen molar-refractivity contribution in [3.63, 3.8) is 0 Å². The van der Waals surface area contributed by atoms with Crippen LogP contribution in [0, 0.1) is 0 Å². The van der Waals surface area contributed by atoms with Gasteiger partial charge in [0.05, 0.1) is 0 Å². The molecular weight excluding hydrogens is 168 g/mol. The fourth-order valence-electron chi connectivity index (χ4n) is 0.230. The van der Waals surface area contributed by atoms with E-state index in [1.54, 1.807) is 12.2 Å². The fraction of sp³-hybridized carbons (Fsp3) is 0.250. The third-order valence-corrected chi connectivity index (χ3v) is 2.64. The SMILES string of the molecule is C/C=C/[C](=O)[Mg][Br]. The molecule has 0 aromatic rings. The van der Waals surface area contributed by atoms with Crippen LogP contribution in [0.25, 0.3) is 0 Å². The molecule has 0 aliphatic carbocycles. The van der Waals surface area contributed by atoms with Crippen LogP contribution in [0.4, 0.5) is 0 Å². The van der Waals surface area contributed by atoms with Crippen molar-refractivity contribution in [3.8, 4) is 0 Å². The molecule has 0 unspecified atom stereocenters. The van der Waals surface area contributed by atoms with Crippen molar-refractivity contribution in [3.05, 3.63) is 12.2 Å². The van der Waals surface area contributed by atoms with Crippen molar-refractivity contribution in [2.75, 3.05) is 0 Å². The molecule has 0 saturated heterocycles. The van der Waals surface area contributed by atoms with Gasteiger partial charge in [-0.2, -0.15) is 0 Å². The Balaban J connectivity index is 3.37. The number of allylic oxidation sites excluding steroid dienone is 2. The van der Waals surface area contributed by atoms with E-state index in [9.17, 15) is 4.79 Å². The number of carbonyl (C=O) groups excluding carboxylic acids is 1. The number of rotatable bonds is 2. The first kappa shape index (κ1) is 7.66. The van der Waals surface area contributed by atoms with Gasteiger partial charge in [-0.3, -0.25) is 12.9 Å². The summed E-state index contributed by atoms with van der Waals surface area (Å²) >= 11 is 2.57. The number of hydrogen-bond donors (Lipinski definition) is 0. The highest BCUT2D eigenvalue weighted by Crippen LogP contribution is 1.78. The van der Waals surface area contributed by atoms with Crippen LogP contribution < -0.4 is 0 Å². The van der Waals surface area contributed by atoms with Crippen LogP contribution in [0.3, 0.4) is 0 Å². The molecule has 3 heteroatoms. The molecule has 0 saturated carbocycles. The lowest BCUT2D eigenvalue weighted by Crippen LogP contribution is -1.94. The van der Waals surface area contributed by atoms with Gasteiger partial charge in [-0.15, -0.1) is 0 Å². The largest absolute Gasteiger partial charge is 0.570 e. The zero-order valence-electron chi connectivity index (χ0n) is 4.15. The Kier molecular flexibility index (Phi) is 5.26. The van der Waals surface area contributed by atoms with Gasteiger partial charge in [0.25, 0.3) is 0 Å². The number of carbonyl (C=O) groups is 1. The molecule has 0 N–H and O–H groups in total. The topological polar surface area (TPSA) is 17.1 Å². The predicted molar refractivity (Wildman–Crippen MR) is 34.5 cm³/mol. The van der Waals surface area contributed by atoms with Gasteiger partial charge in [-0.25, -0.2) is 0 Å². The molecule has 36 valence electrons. The molecule has 0 heterocycles. The second-order valence-corrected chi connectivity index (χ2v) is 3.75. The Bertz CT molecular complexity index is 89.7. The molecule has 0 aromatic heterocycles. The Labute approximate surface area is 58.8 Å². The monoisotopic (exact) mass is 172 g/mol. The molecule has 0 spiro atoms. The van der Waals surface area contributed by atoms with Crippen molar-refractivity contribution in [1.29, 1.82) is 0 Å². The van der Waals surface area contributed by atoms with Gasteiger partial charge < -0.3 is 4.79 Å². The van der Waals surface area contributed by atoms with E-state index in [4.69, 9.17) is 0 Å². The van der Waals surface area contributed by atoms with Gasteiger partial charge in [0.1, 0.15) is 0 Å². The van der Waals surface area contributed by atoms with E-state index in [-0.39, 0.29) is 3.91 Å². The lowest BCUT2D eigenvalue weighted by Gasteiger charge is -1.75. The van der Waals surface area contributed by atoms with Gasteiger partial charge in [-0.05, 0) is 6.92 Å². The number of hydrogen-bond acceptors (Lipinski definition) is 1. The normalized spacial score (nSPS) is 8.86. The molecule has 1 nitrogen and oxygen atoms in total. The van der Waals surface area contributed by atoms with Crippen molar-refractivity contribution in [1.82, 2.24) is 0 Å². The standard InChI is InChI=1S/C4H5O.BrH.Mg/c1-2-3-4-5;;/h2-3H,1H3;1H;/q;;+1/p-1/b3-2+;;. The van der Waals surface area contributed by atoms with Crippen LogP contribution in [0.5, 0.6) is 0 Å². The average Bonchev–Trinajstić information content (AvgIpc) is 1.68. The van der Waals surface area contributed by atoms with Crippen molar-refractivity contribution < 1.29 is 4.79 Å². The lowest BCUT2D eigenvalue weighted by molar-refractivity contribution is -0.107. The minimum Gasteiger partial charge on any atom is -0.330 e. The van der Waals surface area contributed by atoms with Gasteiger partial charge in [0.2, 0.25) is 0 Å². The molecule has 0 radical (unpaired) electrons. The first-order chi connectivity index (χ1) is 3.31. The number of halogens is 1. The van der Waals surface area contributed by atoms with Crippen LogP contribution in [0.1, 0.15) is 6.92 Å². The average molecular weight is 173 g/mol. The lowest BCUT2D eigenvalue weighted by atomic mass is 10.6. The highest BCUT2D eigenvalue weighted by molar-refractivity contribution is 9.24. The molecule has 0 aliphatic rings. The van der Waals surface area contributed by atoms with E-state index in [0.717, 1.165) is 0 Å². The second kappa shape index (κ2) is 4.81. The van der Waals surface area contributed by atoms with E-state index in [1.165, 1.54) is 0 Å². The van der Waals surface area contributed by atoms with Crippen molar-refractivity contribution in [2.24, 2.45) is 0 Å². The molecular formula is C4H5BrMgO. The molecule has 0 aliphatic heterocycles. The second-order valence-electron chi connectivity index (χ2n) is 1.10. The summed E-state index contributed by atoms with van der Waals surface area (Å²) < 4.78 is 0.252. The van der Waals surface area contributed by atoms with Gasteiger partial charge >= 0.3 is 18.2 Å². The maximum Gasteiger partial charge on any atom is 0.570 e. The molecule has 0 bridgehead atoms. The highest BCUT2D eigenvalue weighted by atomic mass is 79.9. The van der Waals surface area contributed by atoms with Gasteiger partial charge in [0.15, 0.2) is 0 Å². The highest BCUT2D eigenvalue weighted by Gasteiger charge is 1.94. The van der Waals surface area contributed by atoms with Crippen molar-refractivity contribution >= 4 is 35.0 Å². The Morgan fingerprint density at radius 3 is 2.57 bits per heavy atom. The Morgan fingerprint density at radius 2 is 2.43 bits per heavy atom. The fourth-order valence-corrected chi connectivity index (χ4v) is 1.12. The summed E-state index contributed by atoms with van der Waals surface area (Å²) in [5.41, 5.74) is 0. The first-order valence-corrected chi connectivity index (χ1v) is 6.63. The van der Waals surface area contributed by atoms with E-state index in [1.807, 2.05) is 6.92 Å². The van der Waals surface area contributed by atoms with E-state index in [2.05, 4.69) is 12.9 Å². The van der Waals surface area contributed by atoms with Crippen LogP contribution in [-0.4, -0.2) is 22.1 Å². The zero-order chi connectivity index (χ0) is 5.70. The quantitative estimate of drug-likeness (QED) is 0.451. The zero-order valence-corrected chi connectivity index (χ0v) is 7.15. The molecule has 7 heavy (non-hydrogen) atoms. The van der Waals surface area contributed by atoms with Gasteiger partial charge in [-0.1, -0.05) is 12.2 Å². The van der Waals surface area contributed by atoms with Crippen LogP contribution in [0.15, 0.2) is 12.2 Å². The molecule has 0 fully saturated rings. The molecule has 0 atom stereocenters.